The van der Waals surface area contributed by atoms with Crippen molar-refractivity contribution in [1.82, 2.24) is 9.97 Å². The van der Waals surface area contributed by atoms with E-state index in [-0.39, 0.29) is 31.7 Å². The molecule has 0 bridgehead atoms. The van der Waals surface area contributed by atoms with Crippen molar-refractivity contribution < 1.29 is 29.7 Å². The molecule has 4 aromatic carbocycles. The summed E-state index contributed by atoms with van der Waals surface area (Å²) in [5.74, 6) is -0.375. The van der Waals surface area contributed by atoms with Crippen LogP contribution in [-0.4, -0.2) is 21.5 Å². The van der Waals surface area contributed by atoms with Crippen LogP contribution in [0.2, 0.25) is 0 Å². The van der Waals surface area contributed by atoms with Gasteiger partial charge in [0.25, 0.3) is 0 Å². The molecule has 2 heterocycles. The normalized spacial score (nSPS) is 9.90. The number of carbonyl (C=O) groups excluding carboxylic acids is 2. The fraction of sp³-hybridized carbons (Fsp3) is 0.108. The van der Waals surface area contributed by atoms with Gasteiger partial charge >= 0.3 is 20.1 Å². The molecule has 5 heteroatoms. The van der Waals surface area contributed by atoms with Crippen molar-refractivity contribution in [3.05, 3.63) is 139 Å². The van der Waals surface area contributed by atoms with E-state index in [9.17, 15) is 9.59 Å². The van der Waals surface area contributed by atoms with Gasteiger partial charge in [0.15, 0.2) is 0 Å². The van der Waals surface area contributed by atoms with Crippen molar-refractivity contribution in [2.45, 2.75) is 27.7 Å². The fourth-order valence-electron chi connectivity index (χ4n) is 4.37. The second kappa shape index (κ2) is 15.5. The summed E-state index contributed by atoms with van der Waals surface area (Å²) in [5.41, 5.74) is 8.65. The minimum atomic E-state index is -0.187. The van der Waals surface area contributed by atoms with Gasteiger partial charge in [-0.15, -0.1) is 71.8 Å². The molecule has 0 saturated heterocycles. The predicted molar refractivity (Wildman–Crippen MR) is 167 cm³/mol. The summed E-state index contributed by atoms with van der Waals surface area (Å²) in [4.78, 5) is 29.3. The molecule has 0 unspecified atom stereocenters. The Balaban J connectivity index is 0.000000186. The zero-order valence-corrected chi connectivity index (χ0v) is 26.4. The van der Waals surface area contributed by atoms with Crippen LogP contribution in [0.15, 0.2) is 109 Å². The Bertz CT molecular complexity index is 1650. The van der Waals surface area contributed by atoms with Gasteiger partial charge < -0.3 is 9.59 Å². The van der Waals surface area contributed by atoms with Crippen molar-refractivity contribution in [3.8, 4) is 22.5 Å². The molecule has 2 aromatic heterocycles. The molecule has 6 rings (SSSR count). The van der Waals surface area contributed by atoms with Gasteiger partial charge in [0, 0.05) is 22.3 Å². The van der Waals surface area contributed by atoms with Gasteiger partial charge in [-0.1, -0.05) is 48.5 Å². The zero-order chi connectivity index (χ0) is 29.2. The van der Waals surface area contributed by atoms with Gasteiger partial charge in [-0.3, -0.25) is 16.4 Å². The van der Waals surface area contributed by atoms with E-state index in [1.807, 2.05) is 72.8 Å². The third-order valence-electron chi connectivity index (χ3n) is 6.22. The summed E-state index contributed by atoms with van der Waals surface area (Å²) >= 11 is 0. The Morgan fingerprint density at radius 1 is 0.595 bits per heavy atom. The monoisotopic (exact) mass is 728 g/mol. The summed E-state index contributed by atoms with van der Waals surface area (Å²) in [6.45, 7) is 6.94. The minimum Gasteiger partial charge on any atom is -0.334 e. The Hall–Kier alpha value is -4.44. The molecule has 0 saturated carbocycles. The van der Waals surface area contributed by atoms with Crippen LogP contribution in [0.1, 0.15) is 25.0 Å². The maximum Gasteiger partial charge on any atom is 3.00 e. The molecule has 42 heavy (non-hydrogen) atoms. The molecular weight excluding hydrogens is 697 g/mol. The molecule has 0 atom stereocenters. The summed E-state index contributed by atoms with van der Waals surface area (Å²) in [5, 5.41) is 2.43. The Morgan fingerprint density at radius 3 is 1.31 bits per heavy atom. The number of carbonyl (C=O) groups is 2. The van der Waals surface area contributed by atoms with Gasteiger partial charge in [0.1, 0.15) is 0 Å². The smallest absolute Gasteiger partial charge is 0.334 e. The largest absolute Gasteiger partial charge is 3.00 e. The number of para-hydroxylation sites is 2. The number of hydrogen-bond donors (Lipinski definition) is 0. The van der Waals surface area contributed by atoms with Crippen LogP contribution in [0.4, 0.5) is 0 Å². The minimum absolute atomic E-state index is 0. The first-order valence-electron chi connectivity index (χ1n) is 13.3. The number of nitrogens with zero attached hydrogens (tertiary/aromatic N) is 2. The van der Waals surface area contributed by atoms with Crippen molar-refractivity contribution in [1.29, 1.82) is 0 Å². The number of ketones is 2. The van der Waals surface area contributed by atoms with E-state index < -0.39 is 0 Å². The number of aryl methyl sites for hydroxylation is 2. The SMILES string of the molecule is CC(=O)[CH-]C(C)=O.Cc1cc(-c2[c-]cccc2)nc2ccccc12.Cc1cc(-c2[c-]cccc2)nc2ccccc12.[Ir+3]. The van der Waals surface area contributed by atoms with Gasteiger partial charge in [0.2, 0.25) is 0 Å². The van der Waals surface area contributed by atoms with Crippen LogP contribution >= 0.6 is 0 Å². The molecule has 0 spiro atoms. The van der Waals surface area contributed by atoms with Gasteiger partial charge in [0.05, 0.1) is 11.0 Å². The Labute approximate surface area is 261 Å². The Kier molecular flexibility index (Phi) is 11.9. The van der Waals surface area contributed by atoms with Gasteiger partial charge in [-0.05, 0) is 62.3 Å². The maximum absolute atomic E-state index is 9.98. The van der Waals surface area contributed by atoms with E-state index in [1.165, 1.54) is 35.7 Å². The first kappa shape index (κ1) is 32.1. The Morgan fingerprint density at radius 2 is 0.976 bits per heavy atom. The number of aromatic nitrogens is 2. The third-order valence-corrected chi connectivity index (χ3v) is 6.22. The van der Waals surface area contributed by atoms with E-state index in [4.69, 9.17) is 0 Å². The quantitative estimate of drug-likeness (QED) is 0.135. The number of fused-ring (bicyclic) bond motifs is 2. The molecule has 210 valence electrons. The maximum atomic E-state index is 9.98. The molecular formula is C37H31IrN2O2. The van der Waals surface area contributed by atoms with Crippen molar-refractivity contribution in [2.75, 3.05) is 0 Å². The summed E-state index contributed by atoms with van der Waals surface area (Å²) < 4.78 is 0. The van der Waals surface area contributed by atoms with E-state index in [1.54, 1.807) is 0 Å². The van der Waals surface area contributed by atoms with Crippen molar-refractivity contribution in [2.24, 2.45) is 0 Å². The molecule has 0 radical (unpaired) electrons. The van der Waals surface area contributed by atoms with Crippen LogP contribution in [0.5, 0.6) is 0 Å². The van der Waals surface area contributed by atoms with E-state index in [2.05, 4.69) is 72.3 Å². The first-order valence-corrected chi connectivity index (χ1v) is 13.3. The number of benzene rings is 4. The molecule has 6 aromatic rings. The van der Waals surface area contributed by atoms with Crippen LogP contribution in [0.25, 0.3) is 44.3 Å². The number of Topliss-reactive ketones (excluding diaryl/α,β-unsaturated/α-hetero) is 2. The summed E-state index contributed by atoms with van der Waals surface area (Å²) in [6, 6.07) is 43.0. The fourth-order valence-corrected chi connectivity index (χ4v) is 4.37. The topological polar surface area (TPSA) is 59.9 Å². The molecule has 0 aliphatic rings. The third kappa shape index (κ3) is 8.78. The second-order valence-corrected chi connectivity index (χ2v) is 9.60. The number of rotatable bonds is 4. The van der Waals surface area contributed by atoms with Crippen molar-refractivity contribution >= 4 is 33.4 Å². The summed E-state index contributed by atoms with van der Waals surface area (Å²) in [7, 11) is 0. The molecule has 0 aliphatic heterocycles. The van der Waals surface area contributed by atoms with Gasteiger partial charge in [-0.2, -0.15) is 0 Å². The van der Waals surface area contributed by atoms with Gasteiger partial charge in [-0.25, -0.2) is 0 Å². The zero-order valence-electron chi connectivity index (χ0n) is 24.0. The van der Waals surface area contributed by atoms with E-state index >= 15 is 0 Å². The molecule has 0 amide bonds. The average molecular weight is 728 g/mol. The van der Waals surface area contributed by atoms with E-state index in [0.717, 1.165) is 40.0 Å². The molecule has 0 fully saturated rings. The first-order chi connectivity index (χ1) is 19.8. The molecule has 4 nitrogen and oxygen atoms in total. The molecule has 0 N–H and O–H groups in total. The number of pyridine rings is 2. The van der Waals surface area contributed by atoms with E-state index in [0.29, 0.717) is 0 Å². The number of hydrogen-bond acceptors (Lipinski definition) is 4. The second-order valence-electron chi connectivity index (χ2n) is 9.60. The van der Waals surface area contributed by atoms with Crippen LogP contribution in [-0.2, 0) is 29.7 Å². The van der Waals surface area contributed by atoms with Crippen LogP contribution < -0.4 is 0 Å². The van der Waals surface area contributed by atoms with Crippen LogP contribution in [0, 0.1) is 32.4 Å². The van der Waals surface area contributed by atoms with Crippen molar-refractivity contribution in [3.63, 3.8) is 0 Å². The standard InChI is InChI=1S/2C16H12N.C5H7O2.Ir/c2*1-12-11-16(13-7-3-2-4-8-13)17-15-10-6-5-9-14(12)15;1-4(6)3-5(2)7;/h2*2-7,9-11H,1H3;3H,1-2H3;/q3*-1;+3. The van der Waals surface area contributed by atoms with Crippen LogP contribution in [0.3, 0.4) is 0 Å². The molecule has 0 aliphatic carbocycles. The summed E-state index contributed by atoms with van der Waals surface area (Å²) in [6.07, 6.45) is 1.06. The predicted octanol–water partition coefficient (Wildman–Crippen LogP) is 8.39. The average Bonchev–Trinajstić information content (AvgIpc) is 2.98.